The summed E-state index contributed by atoms with van der Waals surface area (Å²) < 4.78 is 58.7. The summed E-state index contributed by atoms with van der Waals surface area (Å²) in [6.07, 6.45) is 0. The van der Waals surface area contributed by atoms with Crippen LogP contribution in [0.1, 0.15) is 5.56 Å². The minimum Gasteiger partial charge on any atom is -0.497 e. The van der Waals surface area contributed by atoms with Gasteiger partial charge in [-0.15, -0.1) is 10.2 Å². The van der Waals surface area contributed by atoms with E-state index in [4.69, 9.17) is 21.3 Å². The Labute approximate surface area is 210 Å². The summed E-state index contributed by atoms with van der Waals surface area (Å²) in [6, 6.07) is 9.07. The number of rotatable bonds is 10. The van der Waals surface area contributed by atoms with Crippen LogP contribution in [-0.4, -0.2) is 63.3 Å². The van der Waals surface area contributed by atoms with Crippen molar-refractivity contribution >= 4 is 42.6 Å². The van der Waals surface area contributed by atoms with E-state index in [1.54, 1.807) is 19.2 Å². The van der Waals surface area contributed by atoms with Gasteiger partial charge in [0.15, 0.2) is 0 Å². The van der Waals surface area contributed by atoms with E-state index >= 15 is 0 Å². The molecule has 1 heterocycles. The molecule has 0 saturated heterocycles. The molecule has 184 valence electrons. The average Bonchev–Trinajstić information content (AvgIpc) is 3.25. The first-order valence-corrected chi connectivity index (χ1v) is 13.8. The van der Waals surface area contributed by atoms with Gasteiger partial charge in [0.25, 0.3) is 0 Å². The van der Waals surface area contributed by atoms with Gasteiger partial charge in [0.05, 0.1) is 19.2 Å². The lowest BCUT2D eigenvalue weighted by Crippen LogP contribution is -2.42. The van der Waals surface area contributed by atoms with E-state index < -0.39 is 35.9 Å². The molecule has 0 bridgehead atoms. The van der Waals surface area contributed by atoms with Gasteiger partial charge in [-0.1, -0.05) is 12.1 Å². The molecule has 0 aliphatic rings. The number of benzene rings is 2. The van der Waals surface area contributed by atoms with Gasteiger partial charge < -0.3 is 16.2 Å². The largest absolute Gasteiger partial charge is 0.497 e. The van der Waals surface area contributed by atoms with Gasteiger partial charge in [-0.2, -0.15) is 4.80 Å². The number of nitrogens with zero attached hydrogens (tertiary/aromatic N) is 4. The van der Waals surface area contributed by atoms with Crippen LogP contribution in [0.4, 0.5) is 0 Å². The van der Waals surface area contributed by atoms with E-state index in [2.05, 4.69) is 20.1 Å². The normalized spacial score (nSPS) is 13.1. The number of aromatic nitrogens is 4. The molecular weight excluding hydrogens is 599 g/mol. The molecule has 13 nitrogen and oxygen atoms in total. The molecule has 1 aromatic heterocycles. The van der Waals surface area contributed by atoms with Gasteiger partial charge in [0.2, 0.25) is 25.9 Å². The number of nitrogens with one attached hydrogen (secondary N) is 1. The first-order chi connectivity index (χ1) is 16.0. The van der Waals surface area contributed by atoms with Crippen molar-refractivity contribution in [2.75, 3.05) is 20.2 Å². The Hall–Kier alpha value is -2.22. The second-order valence-electron chi connectivity index (χ2n) is 7.13. The Morgan fingerprint density at radius 1 is 1.15 bits per heavy atom. The molecule has 0 saturated carbocycles. The van der Waals surface area contributed by atoms with Crippen LogP contribution in [0.3, 0.4) is 0 Å². The van der Waals surface area contributed by atoms with Crippen LogP contribution < -0.4 is 26.1 Å². The Balaban J connectivity index is 2.05. The molecule has 0 spiro atoms. The zero-order valence-electron chi connectivity index (χ0n) is 17.9. The van der Waals surface area contributed by atoms with E-state index in [0.29, 0.717) is 9.32 Å². The maximum atomic E-state index is 12.9. The third-order valence-electron chi connectivity index (χ3n) is 4.64. The smallest absolute Gasteiger partial charge is 0.242 e. The molecular formula is C18H23IN8O5S2. The molecule has 34 heavy (non-hydrogen) atoms. The number of hydrogen-bond donors (Lipinski definition) is 4. The highest BCUT2D eigenvalue weighted by atomic mass is 127. The highest BCUT2D eigenvalue weighted by Crippen LogP contribution is 2.34. The van der Waals surface area contributed by atoms with Crippen LogP contribution in [-0.2, 0) is 26.6 Å². The van der Waals surface area contributed by atoms with Crippen molar-refractivity contribution in [1.29, 1.82) is 0 Å². The minimum absolute atomic E-state index is 0.0315. The third-order valence-corrected chi connectivity index (χ3v) is 8.13. The zero-order chi connectivity index (χ0) is 25.1. The number of ether oxygens (including phenoxy) is 1. The minimum atomic E-state index is -4.53. The van der Waals surface area contributed by atoms with Crippen LogP contribution in [0.2, 0.25) is 0 Å². The Bertz CT molecular complexity index is 1380. The van der Waals surface area contributed by atoms with E-state index in [0.717, 1.165) is 11.6 Å². The molecule has 0 aliphatic heterocycles. The maximum absolute atomic E-state index is 12.9. The standard InChI is InChI=1S/C18H23IN8O5S2/c1-32-13-4-2-11(3-5-13)10-27-25-18(24-26-27)16-14(19)6-7-15(17(16)33(22,28)29)34(30,31)23-9-12(21)8-20/h2-7,12,23H,8-10,20-21H2,1H3,(H2,22,28,29)/t12-/m0/s1. The fourth-order valence-electron chi connectivity index (χ4n) is 2.92. The van der Waals surface area contributed by atoms with Crippen molar-refractivity contribution in [2.24, 2.45) is 16.6 Å². The highest BCUT2D eigenvalue weighted by Gasteiger charge is 2.31. The van der Waals surface area contributed by atoms with Crippen LogP contribution in [0, 0.1) is 3.57 Å². The second-order valence-corrected chi connectivity index (χ2v) is 11.5. The lowest BCUT2D eigenvalue weighted by Gasteiger charge is -2.15. The number of hydrogen-bond acceptors (Lipinski definition) is 10. The van der Waals surface area contributed by atoms with Crippen molar-refractivity contribution in [2.45, 2.75) is 22.4 Å². The second kappa shape index (κ2) is 10.6. The van der Waals surface area contributed by atoms with Crippen LogP contribution in [0.25, 0.3) is 11.4 Å². The lowest BCUT2D eigenvalue weighted by atomic mass is 10.2. The Kier molecular flexibility index (Phi) is 8.22. The number of nitrogens with two attached hydrogens (primary N) is 3. The Morgan fingerprint density at radius 2 is 1.82 bits per heavy atom. The summed E-state index contributed by atoms with van der Waals surface area (Å²) in [6.45, 7) is 0.0685. The lowest BCUT2D eigenvalue weighted by molar-refractivity contribution is 0.414. The summed E-state index contributed by atoms with van der Waals surface area (Å²) in [5, 5.41) is 17.6. The van der Waals surface area contributed by atoms with Crippen LogP contribution in [0.15, 0.2) is 46.2 Å². The van der Waals surface area contributed by atoms with Crippen molar-refractivity contribution in [3.8, 4) is 17.1 Å². The average molecular weight is 622 g/mol. The molecule has 0 aliphatic carbocycles. The highest BCUT2D eigenvalue weighted by molar-refractivity contribution is 14.1. The Morgan fingerprint density at radius 3 is 2.41 bits per heavy atom. The van der Waals surface area contributed by atoms with Crippen molar-refractivity contribution in [3.63, 3.8) is 0 Å². The van der Waals surface area contributed by atoms with Gasteiger partial charge >= 0.3 is 0 Å². The summed E-state index contributed by atoms with van der Waals surface area (Å²) in [4.78, 5) is 0.0539. The molecule has 3 aromatic rings. The van der Waals surface area contributed by atoms with Crippen molar-refractivity contribution < 1.29 is 21.6 Å². The van der Waals surface area contributed by atoms with Crippen molar-refractivity contribution in [3.05, 3.63) is 45.5 Å². The van der Waals surface area contributed by atoms with Gasteiger partial charge in [-0.05, 0) is 57.6 Å². The topological polar surface area (TPSA) is 211 Å². The third kappa shape index (κ3) is 6.06. The summed E-state index contributed by atoms with van der Waals surface area (Å²) >= 11 is 1.85. The molecule has 0 fully saturated rings. The number of primary sulfonamides is 1. The summed E-state index contributed by atoms with van der Waals surface area (Å²) in [5.74, 6) is 0.583. The summed E-state index contributed by atoms with van der Waals surface area (Å²) in [5.41, 5.74) is 11.9. The van der Waals surface area contributed by atoms with E-state index in [1.165, 1.54) is 10.9 Å². The summed E-state index contributed by atoms with van der Waals surface area (Å²) in [7, 11) is -7.29. The quantitative estimate of drug-likeness (QED) is 0.207. The zero-order valence-corrected chi connectivity index (χ0v) is 21.7. The first kappa shape index (κ1) is 26.4. The SMILES string of the molecule is COc1ccc(Cn2nnc(-c3c(I)ccc(S(=O)(=O)NC[C@@H](N)CN)c3S(N)(=O)=O)n2)cc1. The number of halogens is 1. The first-order valence-electron chi connectivity index (χ1n) is 9.68. The fraction of sp³-hybridized carbons (Fsp3) is 0.278. The van der Waals surface area contributed by atoms with Gasteiger partial charge in [0, 0.05) is 22.7 Å². The molecule has 1 atom stereocenters. The predicted octanol–water partition coefficient (Wildman–Crippen LogP) is -0.787. The molecule has 0 radical (unpaired) electrons. The van der Waals surface area contributed by atoms with E-state index in [-0.39, 0.29) is 31.0 Å². The molecule has 3 rings (SSSR count). The van der Waals surface area contributed by atoms with Crippen LogP contribution in [0.5, 0.6) is 5.75 Å². The number of tetrazole rings is 1. The van der Waals surface area contributed by atoms with E-state index in [1.807, 2.05) is 34.7 Å². The molecule has 2 aromatic carbocycles. The van der Waals surface area contributed by atoms with Crippen LogP contribution >= 0.6 is 22.6 Å². The predicted molar refractivity (Wildman–Crippen MR) is 132 cm³/mol. The van der Waals surface area contributed by atoms with Crippen molar-refractivity contribution in [1.82, 2.24) is 24.9 Å². The van der Waals surface area contributed by atoms with Gasteiger partial charge in [-0.25, -0.2) is 26.7 Å². The fourth-order valence-corrected chi connectivity index (χ4v) is 6.49. The maximum Gasteiger partial charge on any atom is 0.242 e. The molecule has 0 amide bonds. The monoisotopic (exact) mass is 622 g/mol. The number of sulfonamides is 2. The van der Waals surface area contributed by atoms with Gasteiger partial charge in [-0.3, -0.25) is 0 Å². The molecule has 16 heteroatoms. The van der Waals surface area contributed by atoms with E-state index in [9.17, 15) is 16.8 Å². The molecule has 7 N–H and O–H groups in total. The number of methoxy groups -OCH3 is 1. The molecule has 0 unspecified atom stereocenters. The van der Waals surface area contributed by atoms with Gasteiger partial charge in [0.1, 0.15) is 15.5 Å².